The number of carbonyl (C=O) groups is 1. The number of rotatable bonds is 2. The van der Waals surface area contributed by atoms with Crippen LogP contribution in [0.1, 0.15) is 15.9 Å². The largest absolute Gasteiger partial charge is 0.465 e. The number of nitrogens with one attached hydrogen (secondary N) is 1. The molecule has 0 heterocycles. The van der Waals surface area contributed by atoms with E-state index < -0.39 is 11.8 Å². The van der Waals surface area contributed by atoms with Crippen molar-refractivity contribution in [2.45, 2.75) is 0 Å². The Bertz CT molecular complexity index is 483. The highest BCUT2D eigenvalue weighted by Gasteiger charge is 2.20. The highest BCUT2D eigenvalue weighted by Crippen LogP contribution is 2.30. The van der Waals surface area contributed by atoms with Crippen LogP contribution in [0.15, 0.2) is 10.5 Å². The van der Waals surface area contributed by atoms with E-state index in [9.17, 15) is 9.18 Å². The van der Waals surface area contributed by atoms with Gasteiger partial charge in [0.05, 0.1) is 28.4 Å². The quantitative estimate of drug-likeness (QED) is 0.848. The van der Waals surface area contributed by atoms with Gasteiger partial charge in [0.2, 0.25) is 0 Å². The van der Waals surface area contributed by atoms with Crippen molar-refractivity contribution in [1.82, 2.24) is 0 Å². The number of anilines is 1. The molecule has 0 radical (unpaired) electrons. The molecule has 1 aromatic carbocycles. The van der Waals surface area contributed by atoms with E-state index >= 15 is 0 Å². The summed E-state index contributed by atoms with van der Waals surface area (Å²) in [6, 6.07) is 3.05. The Balaban J connectivity index is 3.55. The van der Waals surface area contributed by atoms with E-state index in [2.05, 4.69) is 26.0 Å². The highest BCUT2D eigenvalue weighted by molar-refractivity contribution is 9.10. The van der Waals surface area contributed by atoms with Crippen LogP contribution in [-0.2, 0) is 4.74 Å². The smallest absolute Gasteiger partial charge is 0.340 e. The van der Waals surface area contributed by atoms with E-state index in [4.69, 9.17) is 5.26 Å². The minimum absolute atomic E-state index is 0.00211. The standard InChI is InChI=1S/C10H8BrFN2O2/c1-14-9-6(10(15)16-2)3-5(4-13)7(11)8(9)12/h3,14H,1-2H3. The molecule has 0 aliphatic rings. The second kappa shape index (κ2) is 4.94. The number of halogens is 2. The normalized spacial score (nSPS) is 9.44. The molecule has 0 atom stereocenters. The summed E-state index contributed by atoms with van der Waals surface area (Å²) in [6.45, 7) is 0. The van der Waals surface area contributed by atoms with Crippen molar-refractivity contribution < 1.29 is 13.9 Å². The number of benzene rings is 1. The van der Waals surface area contributed by atoms with Crippen LogP contribution < -0.4 is 5.32 Å². The maximum atomic E-state index is 13.7. The molecule has 16 heavy (non-hydrogen) atoms. The summed E-state index contributed by atoms with van der Waals surface area (Å²) in [6.07, 6.45) is 0. The van der Waals surface area contributed by atoms with Crippen molar-refractivity contribution in [3.8, 4) is 6.07 Å². The molecule has 0 saturated heterocycles. The molecule has 84 valence electrons. The Morgan fingerprint density at radius 3 is 2.75 bits per heavy atom. The van der Waals surface area contributed by atoms with E-state index in [1.54, 1.807) is 6.07 Å². The first-order chi connectivity index (χ1) is 7.56. The van der Waals surface area contributed by atoms with E-state index in [1.807, 2.05) is 0 Å². The highest BCUT2D eigenvalue weighted by atomic mass is 79.9. The summed E-state index contributed by atoms with van der Waals surface area (Å²) in [5.74, 6) is -1.39. The van der Waals surface area contributed by atoms with Crippen molar-refractivity contribution in [2.75, 3.05) is 19.5 Å². The van der Waals surface area contributed by atoms with Gasteiger partial charge in [0.1, 0.15) is 6.07 Å². The summed E-state index contributed by atoms with van der Waals surface area (Å²) in [5.41, 5.74) is 0.0249. The molecule has 0 fully saturated rings. The molecule has 6 heteroatoms. The topological polar surface area (TPSA) is 62.1 Å². The third-order valence-electron chi connectivity index (χ3n) is 1.98. The number of esters is 1. The molecule has 1 aromatic rings. The molecule has 0 saturated carbocycles. The molecule has 0 aliphatic carbocycles. The maximum absolute atomic E-state index is 13.7. The predicted molar refractivity (Wildman–Crippen MR) is 59.7 cm³/mol. The van der Waals surface area contributed by atoms with Crippen LogP contribution in [-0.4, -0.2) is 20.1 Å². The lowest BCUT2D eigenvalue weighted by Gasteiger charge is -2.10. The van der Waals surface area contributed by atoms with Crippen LogP contribution in [0, 0.1) is 17.1 Å². The van der Waals surface area contributed by atoms with Gasteiger partial charge in [-0.2, -0.15) is 5.26 Å². The lowest BCUT2D eigenvalue weighted by molar-refractivity contribution is 0.0601. The molecule has 0 bridgehead atoms. The van der Waals surface area contributed by atoms with Crippen molar-refractivity contribution in [3.05, 3.63) is 27.5 Å². The lowest BCUT2D eigenvalue weighted by Crippen LogP contribution is -2.09. The fraction of sp³-hybridized carbons (Fsp3) is 0.200. The van der Waals surface area contributed by atoms with Gasteiger partial charge in [0.25, 0.3) is 0 Å². The minimum atomic E-state index is -0.702. The Kier molecular flexibility index (Phi) is 3.85. The van der Waals surface area contributed by atoms with Gasteiger partial charge in [-0.25, -0.2) is 9.18 Å². The molecule has 1 N–H and O–H groups in total. The van der Waals surface area contributed by atoms with E-state index in [1.165, 1.54) is 20.2 Å². The number of methoxy groups -OCH3 is 1. The number of nitrogens with zero attached hydrogens (tertiary/aromatic N) is 1. The van der Waals surface area contributed by atoms with Gasteiger partial charge in [0.15, 0.2) is 5.82 Å². The summed E-state index contributed by atoms with van der Waals surface area (Å²) < 4.78 is 18.3. The number of carbonyl (C=O) groups excluding carboxylic acids is 1. The molecule has 1 rings (SSSR count). The zero-order chi connectivity index (χ0) is 12.3. The number of hydrogen-bond acceptors (Lipinski definition) is 4. The van der Waals surface area contributed by atoms with Gasteiger partial charge in [0, 0.05) is 7.05 Å². The van der Waals surface area contributed by atoms with E-state index in [0.717, 1.165) is 0 Å². The van der Waals surface area contributed by atoms with Crippen LogP contribution in [0.4, 0.5) is 10.1 Å². The van der Waals surface area contributed by atoms with E-state index in [0.29, 0.717) is 0 Å². The zero-order valence-corrected chi connectivity index (χ0v) is 10.2. The molecular weight excluding hydrogens is 279 g/mol. The minimum Gasteiger partial charge on any atom is -0.465 e. The number of nitriles is 1. The Hall–Kier alpha value is -1.61. The first-order valence-corrected chi connectivity index (χ1v) is 5.04. The Morgan fingerprint density at radius 2 is 2.31 bits per heavy atom. The Labute approximate surface area is 100 Å². The van der Waals surface area contributed by atoms with Gasteiger partial charge in [-0.1, -0.05) is 0 Å². The van der Waals surface area contributed by atoms with Gasteiger partial charge in [-0.15, -0.1) is 0 Å². The van der Waals surface area contributed by atoms with Gasteiger partial charge < -0.3 is 10.1 Å². The first kappa shape index (κ1) is 12.5. The third kappa shape index (κ3) is 1.99. The van der Waals surface area contributed by atoms with Crippen LogP contribution in [0.25, 0.3) is 0 Å². The second-order valence-corrected chi connectivity index (χ2v) is 3.62. The number of ether oxygens (including phenoxy) is 1. The molecule has 4 nitrogen and oxygen atoms in total. The zero-order valence-electron chi connectivity index (χ0n) is 8.60. The molecular formula is C10H8BrFN2O2. The molecule has 0 unspecified atom stereocenters. The fourth-order valence-electron chi connectivity index (χ4n) is 1.22. The van der Waals surface area contributed by atoms with Crippen molar-refractivity contribution >= 4 is 27.6 Å². The molecule has 0 spiro atoms. The fourth-order valence-corrected chi connectivity index (χ4v) is 1.62. The van der Waals surface area contributed by atoms with Crippen molar-refractivity contribution in [2.24, 2.45) is 0 Å². The third-order valence-corrected chi connectivity index (χ3v) is 2.76. The second-order valence-electron chi connectivity index (χ2n) is 2.83. The van der Waals surface area contributed by atoms with Crippen LogP contribution in [0.3, 0.4) is 0 Å². The summed E-state index contributed by atoms with van der Waals surface area (Å²) in [4.78, 5) is 11.4. The van der Waals surface area contributed by atoms with Crippen molar-refractivity contribution in [3.63, 3.8) is 0 Å². The maximum Gasteiger partial charge on any atom is 0.340 e. The molecule has 0 aliphatic heterocycles. The van der Waals surface area contributed by atoms with Crippen LogP contribution >= 0.6 is 15.9 Å². The number of hydrogen-bond donors (Lipinski definition) is 1. The predicted octanol–water partition coefficient (Wildman–Crippen LogP) is 2.29. The summed E-state index contributed by atoms with van der Waals surface area (Å²) >= 11 is 2.95. The van der Waals surface area contributed by atoms with Crippen LogP contribution in [0.5, 0.6) is 0 Å². The summed E-state index contributed by atoms with van der Waals surface area (Å²) in [5, 5.41) is 11.3. The van der Waals surface area contributed by atoms with E-state index in [-0.39, 0.29) is 21.3 Å². The average molecular weight is 287 g/mol. The average Bonchev–Trinajstić information content (AvgIpc) is 2.31. The van der Waals surface area contributed by atoms with Gasteiger partial charge >= 0.3 is 5.97 Å². The monoisotopic (exact) mass is 286 g/mol. The van der Waals surface area contributed by atoms with Gasteiger partial charge in [-0.3, -0.25) is 0 Å². The first-order valence-electron chi connectivity index (χ1n) is 4.25. The Morgan fingerprint density at radius 1 is 1.69 bits per heavy atom. The lowest BCUT2D eigenvalue weighted by atomic mass is 10.1. The summed E-state index contributed by atoms with van der Waals surface area (Å²) in [7, 11) is 2.66. The molecule has 0 amide bonds. The SMILES string of the molecule is CNc1c(C(=O)OC)cc(C#N)c(Br)c1F. The van der Waals surface area contributed by atoms with Gasteiger partial charge in [-0.05, 0) is 22.0 Å². The van der Waals surface area contributed by atoms with Crippen LogP contribution in [0.2, 0.25) is 0 Å². The molecule has 0 aromatic heterocycles. The van der Waals surface area contributed by atoms with Crippen molar-refractivity contribution in [1.29, 1.82) is 5.26 Å².